The lowest BCUT2D eigenvalue weighted by atomic mass is 9.86. The number of hydrogen-bond acceptors (Lipinski definition) is 6. The predicted molar refractivity (Wildman–Crippen MR) is 171 cm³/mol. The van der Waals surface area contributed by atoms with Crippen molar-refractivity contribution in [3.63, 3.8) is 0 Å². The number of rotatable bonds is 20. The summed E-state index contributed by atoms with van der Waals surface area (Å²) in [5, 5.41) is 0. The molecule has 0 radical (unpaired) electrons. The Morgan fingerprint density at radius 3 is 1.67 bits per heavy atom. The topological polar surface area (TPSA) is 78.9 Å². The van der Waals surface area contributed by atoms with Crippen LogP contribution in [0.5, 0.6) is 0 Å². The lowest BCUT2D eigenvalue weighted by Crippen LogP contribution is -2.18. The first kappa shape index (κ1) is 37.4. The van der Waals surface area contributed by atoms with Crippen molar-refractivity contribution in [1.29, 1.82) is 0 Å². The molecule has 0 aromatic heterocycles. The number of carbonyl (C=O) groups excluding carboxylic acids is 3. The van der Waals surface area contributed by atoms with E-state index < -0.39 is 11.9 Å². The molecule has 0 saturated heterocycles. The average Bonchev–Trinajstić information content (AvgIpc) is 3.00. The number of carbonyl (C=O) groups is 3. The highest BCUT2D eigenvalue weighted by Crippen LogP contribution is 2.28. The summed E-state index contributed by atoms with van der Waals surface area (Å²) >= 11 is 0. The zero-order valence-electron chi connectivity index (χ0n) is 26.8. The molecule has 0 bridgehead atoms. The van der Waals surface area contributed by atoms with Gasteiger partial charge in [-0.15, -0.1) is 0 Å². The van der Waals surface area contributed by atoms with Gasteiger partial charge in [0.25, 0.3) is 0 Å². The van der Waals surface area contributed by atoms with Gasteiger partial charge in [-0.05, 0) is 44.2 Å². The quantitative estimate of drug-likeness (QED) is 0.0655. The minimum Gasteiger partial charge on any atom is -0.462 e. The number of benzene rings is 1. The highest BCUT2D eigenvalue weighted by Gasteiger charge is 2.19. The Labute approximate surface area is 256 Å². The van der Waals surface area contributed by atoms with Gasteiger partial charge < -0.3 is 14.2 Å². The molecular formula is C36H58O6. The van der Waals surface area contributed by atoms with E-state index >= 15 is 0 Å². The van der Waals surface area contributed by atoms with Crippen LogP contribution in [0.2, 0.25) is 0 Å². The van der Waals surface area contributed by atoms with Gasteiger partial charge >= 0.3 is 17.9 Å². The highest BCUT2D eigenvalue weighted by atomic mass is 16.5. The lowest BCUT2D eigenvalue weighted by Gasteiger charge is -2.24. The number of hydrogen-bond donors (Lipinski definition) is 0. The van der Waals surface area contributed by atoms with Crippen molar-refractivity contribution < 1.29 is 28.6 Å². The SMILES string of the molecule is C=CC(=O)OC(C)CC1CCCCC1.CCCCCCCCOC(=O)c1ccccc1C(=O)OCCCCCCCC. The van der Waals surface area contributed by atoms with Crippen LogP contribution < -0.4 is 0 Å². The van der Waals surface area contributed by atoms with Crippen molar-refractivity contribution in [2.75, 3.05) is 13.2 Å². The van der Waals surface area contributed by atoms with E-state index in [4.69, 9.17) is 14.2 Å². The maximum absolute atomic E-state index is 12.4. The third-order valence-corrected chi connectivity index (χ3v) is 7.70. The summed E-state index contributed by atoms with van der Waals surface area (Å²) in [4.78, 5) is 35.6. The van der Waals surface area contributed by atoms with Gasteiger partial charge in [0.1, 0.15) is 0 Å². The molecule has 1 unspecified atom stereocenters. The zero-order chi connectivity index (χ0) is 30.8. The Morgan fingerprint density at radius 1 is 0.762 bits per heavy atom. The molecule has 238 valence electrons. The number of esters is 3. The van der Waals surface area contributed by atoms with Gasteiger partial charge in [-0.25, -0.2) is 14.4 Å². The van der Waals surface area contributed by atoms with Crippen LogP contribution in [0.3, 0.4) is 0 Å². The smallest absolute Gasteiger partial charge is 0.339 e. The molecule has 42 heavy (non-hydrogen) atoms. The van der Waals surface area contributed by atoms with E-state index in [1.54, 1.807) is 24.3 Å². The van der Waals surface area contributed by atoms with E-state index in [2.05, 4.69) is 20.4 Å². The molecule has 1 saturated carbocycles. The fourth-order valence-corrected chi connectivity index (χ4v) is 5.28. The van der Waals surface area contributed by atoms with Crippen LogP contribution in [-0.2, 0) is 19.0 Å². The predicted octanol–water partition coefficient (Wildman–Crippen LogP) is 9.80. The fraction of sp³-hybridized carbons (Fsp3) is 0.694. The molecule has 1 atom stereocenters. The van der Waals surface area contributed by atoms with Gasteiger partial charge in [0.15, 0.2) is 0 Å². The van der Waals surface area contributed by atoms with Gasteiger partial charge in [-0.3, -0.25) is 0 Å². The maximum atomic E-state index is 12.4. The van der Waals surface area contributed by atoms with E-state index in [9.17, 15) is 14.4 Å². The number of ether oxygens (including phenoxy) is 3. The van der Waals surface area contributed by atoms with Crippen molar-refractivity contribution >= 4 is 17.9 Å². The van der Waals surface area contributed by atoms with Crippen LogP contribution in [-0.4, -0.2) is 37.2 Å². The highest BCUT2D eigenvalue weighted by molar-refractivity contribution is 6.03. The molecule has 0 spiro atoms. The van der Waals surface area contributed by atoms with Gasteiger partial charge in [0.2, 0.25) is 0 Å². The summed E-state index contributed by atoms with van der Waals surface area (Å²) in [5.74, 6) is -0.425. The van der Waals surface area contributed by atoms with Crippen molar-refractivity contribution in [2.45, 2.75) is 142 Å². The summed E-state index contributed by atoms with van der Waals surface area (Å²) in [6.45, 7) is 10.5. The molecule has 1 fully saturated rings. The summed E-state index contributed by atoms with van der Waals surface area (Å²) in [6, 6.07) is 6.74. The van der Waals surface area contributed by atoms with Crippen LogP contribution in [0, 0.1) is 5.92 Å². The van der Waals surface area contributed by atoms with E-state index in [0.29, 0.717) is 24.3 Å². The van der Waals surface area contributed by atoms with Crippen molar-refractivity contribution in [1.82, 2.24) is 0 Å². The standard InChI is InChI=1S/C24H38O4.C12H20O2/c1-3-5-7-9-11-15-19-27-23(25)21-17-13-14-18-22(21)24(26)28-20-16-12-10-8-6-4-2;1-3-12(13)14-10(2)9-11-7-5-4-6-8-11/h13-14,17-18H,3-12,15-16,19-20H2,1-2H3;3,10-11H,1,4-9H2,2H3. The van der Waals surface area contributed by atoms with Crippen molar-refractivity contribution in [2.24, 2.45) is 5.92 Å². The molecule has 0 N–H and O–H groups in total. The van der Waals surface area contributed by atoms with E-state index in [-0.39, 0.29) is 12.1 Å². The molecule has 0 heterocycles. The first-order chi connectivity index (χ1) is 20.4. The van der Waals surface area contributed by atoms with Gasteiger partial charge in [-0.1, -0.05) is 129 Å². The molecular weight excluding hydrogens is 528 g/mol. The second-order valence-corrected chi connectivity index (χ2v) is 11.5. The molecule has 2 rings (SSSR count). The van der Waals surface area contributed by atoms with Crippen LogP contribution in [0.25, 0.3) is 0 Å². The summed E-state index contributed by atoms with van der Waals surface area (Å²) in [5.41, 5.74) is 0.586. The van der Waals surface area contributed by atoms with Gasteiger partial charge in [0.05, 0.1) is 30.4 Å². The van der Waals surface area contributed by atoms with E-state index in [1.165, 1.54) is 89.5 Å². The van der Waals surface area contributed by atoms with E-state index in [0.717, 1.165) is 38.0 Å². The molecule has 0 aliphatic heterocycles. The fourth-order valence-electron chi connectivity index (χ4n) is 5.28. The van der Waals surface area contributed by atoms with Gasteiger partial charge in [-0.2, -0.15) is 0 Å². The Balaban J connectivity index is 0.000000525. The molecule has 6 heteroatoms. The second kappa shape index (κ2) is 24.9. The molecule has 6 nitrogen and oxygen atoms in total. The van der Waals surface area contributed by atoms with Gasteiger partial charge in [0, 0.05) is 6.08 Å². The first-order valence-corrected chi connectivity index (χ1v) is 16.7. The molecule has 1 aliphatic rings. The van der Waals surface area contributed by atoms with Crippen molar-refractivity contribution in [3.8, 4) is 0 Å². The molecule has 1 aromatic carbocycles. The average molecular weight is 587 g/mol. The first-order valence-electron chi connectivity index (χ1n) is 16.7. The minimum atomic E-state index is -0.444. The Bertz CT molecular complexity index is 824. The zero-order valence-corrected chi connectivity index (χ0v) is 26.8. The van der Waals surface area contributed by atoms with Crippen LogP contribution >= 0.6 is 0 Å². The molecule has 0 amide bonds. The molecule has 1 aliphatic carbocycles. The normalized spacial score (nSPS) is 13.8. The minimum absolute atomic E-state index is 0.0450. The third kappa shape index (κ3) is 18.0. The summed E-state index contributed by atoms with van der Waals surface area (Å²) in [6.07, 6.45) is 22.6. The summed E-state index contributed by atoms with van der Waals surface area (Å²) in [7, 11) is 0. The van der Waals surface area contributed by atoms with Crippen LogP contribution in [0.15, 0.2) is 36.9 Å². The van der Waals surface area contributed by atoms with Crippen molar-refractivity contribution in [3.05, 3.63) is 48.0 Å². The van der Waals surface area contributed by atoms with Crippen LogP contribution in [0.4, 0.5) is 0 Å². The molecule has 1 aromatic rings. The monoisotopic (exact) mass is 586 g/mol. The Kier molecular flexibility index (Phi) is 22.2. The number of unbranched alkanes of at least 4 members (excludes halogenated alkanes) is 10. The second-order valence-electron chi connectivity index (χ2n) is 11.5. The Morgan fingerprint density at radius 2 is 1.21 bits per heavy atom. The summed E-state index contributed by atoms with van der Waals surface area (Å²) < 4.78 is 15.9. The lowest BCUT2D eigenvalue weighted by molar-refractivity contribution is -0.142. The largest absolute Gasteiger partial charge is 0.462 e. The van der Waals surface area contributed by atoms with Crippen LogP contribution in [0.1, 0.15) is 157 Å². The van der Waals surface area contributed by atoms with E-state index in [1.807, 2.05) is 6.92 Å². The Hall–Kier alpha value is -2.63. The maximum Gasteiger partial charge on any atom is 0.339 e. The third-order valence-electron chi connectivity index (χ3n) is 7.70.